The summed E-state index contributed by atoms with van der Waals surface area (Å²) in [6.07, 6.45) is 9.57. The van der Waals surface area contributed by atoms with Crippen LogP contribution in [0.3, 0.4) is 0 Å². The molecule has 0 aromatic heterocycles. The van der Waals surface area contributed by atoms with E-state index >= 15 is 0 Å². The van der Waals surface area contributed by atoms with Gasteiger partial charge in [0.15, 0.2) is 0 Å². The van der Waals surface area contributed by atoms with Gasteiger partial charge < -0.3 is 5.73 Å². The SMILES string of the molecule is NCC1(c2ccc(C3CCCCC3)c(F)c2)CCC1. The molecule has 2 fully saturated rings. The van der Waals surface area contributed by atoms with Crippen molar-refractivity contribution in [1.29, 1.82) is 0 Å². The molecule has 0 radical (unpaired) electrons. The molecule has 2 aliphatic carbocycles. The highest BCUT2D eigenvalue weighted by atomic mass is 19.1. The van der Waals surface area contributed by atoms with Crippen molar-refractivity contribution >= 4 is 0 Å². The first-order valence-electron chi connectivity index (χ1n) is 7.75. The maximum Gasteiger partial charge on any atom is 0.126 e. The van der Waals surface area contributed by atoms with E-state index in [9.17, 15) is 4.39 Å². The van der Waals surface area contributed by atoms with Crippen LogP contribution in [0.1, 0.15) is 68.4 Å². The number of hydrogen-bond donors (Lipinski definition) is 1. The van der Waals surface area contributed by atoms with E-state index in [0.717, 1.165) is 36.8 Å². The second kappa shape index (κ2) is 5.24. The summed E-state index contributed by atoms with van der Waals surface area (Å²) in [5.41, 5.74) is 8.05. The number of hydrogen-bond acceptors (Lipinski definition) is 1. The molecule has 0 unspecified atom stereocenters. The molecule has 2 N–H and O–H groups in total. The van der Waals surface area contributed by atoms with Crippen molar-refractivity contribution in [3.05, 3.63) is 35.1 Å². The Balaban J connectivity index is 1.85. The fraction of sp³-hybridized carbons (Fsp3) is 0.647. The molecule has 2 saturated carbocycles. The van der Waals surface area contributed by atoms with E-state index in [4.69, 9.17) is 5.73 Å². The lowest BCUT2D eigenvalue weighted by Gasteiger charge is -2.41. The maximum absolute atomic E-state index is 14.4. The zero-order valence-electron chi connectivity index (χ0n) is 11.6. The average molecular weight is 261 g/mol. The van der Waals surface area contributed by atoms with Crippen LogP contribution in [0, 0.1) is 5.82 Å². The van der Waals surface area contributed by atoms with Gasteiger partial charge in [0.05, 0.1) is 0 Å². The first-order chi connectivity index (χ1) is 9.25. The van der Waals surface area contributed by atoms with Gasteiger partial charge in [0.1, 0.15) is 5.82 Å². The second-order valence-corrected chi connectivity index (χ2v) is 6.41. The van der Waals surface area contributed by atoms with Crippen LogP contribution in [0.15, 0.2) is 18.2 Å². The minimum atomic E-state index is 0.00382. The van der Waals surface area contributed by atoms with Crippen LogP contribution in [0.2, 0.25) is 0 Å². The molecule has 2 heteroatoms. The molecular formula is C17H24FN. The third kappa shape index (κ3) is 2.31. The predicted octanol–water partition coefficient (Wildman–Crippen LogP) is 4.25. The van der Waals surface area contributed by atoms with Gasteiger partial charge in [-0.05, 0) is 48.8 Å². The van der Waals surface area contributed by atoms with Crippen molar-refractivity contribution in [2.75, 3.05) is 6.54 Å². The number of benzene rings is 1. The first-order valence-corrected chi connectivity index (χ1v) is 7.75. The Morgan fingerprint density at radius 3 is 2.37 bits per heavy atom. The molecule has 1 aromatic carbocycles. The summed E-state index contributed by atoms with van der Waals surface area (Å²) in [7, 11) is 0. The normalized spacial score (nSPS) is 23.1. The van der Waals surface area contributed by atoms with Crippen LogP contribution in [0.5, 0.6) is 0 Å². The van der Waals surface area contributed by atoms with Gasteiger partial charge in [0, 0.05) is 12.0 Å². The smallest absolute Gasteiger partial charge is 0.126 e. The van der Waals surface area contributed by atoms with E-state index in [-0.39, 0.29) is 11.2 Å². The molecule has 104 valence electrons. The summed E-state index contributed by atoms with van der Waals surface area (Å²) in [6.45, 7) is 0.648. The minimum absolute atomic E-state index is 0.00382. The molecule has 1 aromatic rings. The molecule has 3 rings (SSSR count). The van der Waals surface area contributed by atoms with Crippen molar-refractivity contribution < 1.29 is 4.39 Å². The monoisotopic (exact) mass is 261 g/mol. The third-order valence-corrected chi connectivity index (χ3v) is 5.36. The molecule has 0 aliphatic heterocycles. The second-order valence-electron chi connectivity index (χ2n) is 6.41. The highest BCUT2D eigenvalue weighted by molar-refractivity contribution is 5.34. The zero-order chi connectivity index (χ0) is 13.3. The van der Waals surface area contributed by atoms with E-state index in [2.05, 4.69) is 6.07 Å². The highest BCUT2D eigenvalue weighted by Gasteiger charge is 2.37. The highest BCUT2D eigenvalue weighted by Crippen LogP contribution is 2.44. The molecule has 19 heavy (non-hydrogen) atoms. The number of rotatable bonds is 3. The molecule has 0 bridgehead atoms. The van der Waals surface area contributed by atoms with E-state index in [1.54, 1.807) is 6.07 Å². The molecule has 0 atom stereocenters. The summed E-state index contributed by atoms with van der Waals surface area (Å²) in [4.78, 5) is 0. The van der Waals surface area contributed by atoms with Crippen molar-refractivity contribution in [3.63, 3.8) is 0 Å². The molecule has 1 nitrogen and oxygen atoms in total. The summed E-state index contributed by atoms with van der Waals surface area (Å²) in [6, 6.07) is 5.95. The predicted molar refractivity (Wildman–Crippen MR) is 76.8 cm³/mol. The van der Waals surface area contributed by atoms with Crippen LogP contribution < -0.4 is 5.73 Å². The summed E-state index contributed by atoms with van der Waals surface area (Å²) < 4.78 is 14.4. The fourth-order valence-corrected chi connectivity index (χ4v) is 3.82. The zero-order valence-corrected chi connectivity index (χ0v) is 11.6. The van der Waals surface area contributed by atoms with E-state index in [1.165, 1.54) is 25.7 Å². The van der Waals surface area contributed by atoms with Crippen LogP contribution >= 0.6 is 0 Å². The lowest BCUT2D eigenvalue weighted by molar-refractivity contribution is 0.252. The lowest BCUT2D eigenvalue weighted by atomic mass is 9.64. The molecule has 0 spiro atoms. The quantitative estimate of drug-likeness (QED) is 0.864. The van der Waals surface area contributed by atoms with Crippen molar-refractivity contribution in [2.24, 2.45) is 5.73 Å². The topological polar surface area (TPSA) is 26.0 Å². The largest absolute Gasteiger partial charge is 0.330 e. The number of halogens is 1. The molecule has 0 heterocycles. The summed E-state index contributed by atoms with van der Waals surface area (Å²) >= 11 is 0. The molecule has 0 saturated heterocycles. The van der Waals surface area contributed by atoms with Gasteiger partial charge in [-0.15, -0.1) is 0 Å². The summed E-state index contributed by atoms with van der Waals surface area (Å²) in [5, 5.41) is 0. The van der Waals surface area contributed by atoms with Gasteiger partial charge in [0.2, 0.25) is 0 Å². The standard InChI is InChI=1S/C17H24FN/c18-16-11-14(17(12-19)9-4-10-17)7-8-15(16)13-5-2-1-3-6-13/h7-8,11,13H,1-6,9-10,12,19H2. The average Bonchev–Trinajstić information content (AvgIpc) is 2.39. The molecule has 0 amide bonds. The Bertz CT molecular complexity index is 439. The van der Waals surface area contributed by atoms with Crippen molar-refractivity contribution in [1.82, 2.24) is 0 Å². The van der Waals surface area contributed by atoms with E-state index < -0.39 is 0 Å². The van der Waals surface area contributed by atoms with Crippen LogP contribution in [-0.2, 0) is 5.41 Å². The molecule has 2 aliphatic rings. The Morgan fingerprint density at radius 2 is 1.84 bits per heavy atom. The third-order valence-electron chi connectivity index (χ3n) is 5.36. The summed E-state index contributed by atoms with van der Waals surface area (Å²) in [5.74, 6) is 0.446. The van der Waals surface area contributed by atoms with Crippen LogP contribution in [0.25, 0.3) is 0 Å². The van der Waals surface area contributed by atoms with Gasteiger partial charge in [-0.25, -0.2) is 4.39 Å². The fourth-order valence-electron chi connectivity index (χ4n) is 3.82. The van der Waals surface area contributed by atoms with Crippen molar-refractivity contribution in [2.45, 2.75) is 62.7 Å². The number of nitrogens with two attached hydrogens (primary N) is 1. The van der Waals surface area contributed by atoms with Gasteiger partial charge in [0.25, 0.3) is 0 Å². The minimum Gasteiger partial charge on any atom is -0.330 e. The van der Waals surface area contributed by atoms with Gasteiger partial charge >= 0.3 is 0 Å². The first kappa shape index (κ1) is 13.1. The van der Waals surface area contributed by atoms with Gasteiger partial charge in [-0.1, -0.05) is 37.8 Å². The Kier molecular flexibility index (Phi) is 3.62. The molecular weight excluding hydrogens is 237 g/mol. The van der Waals surface area contributed by atoms with Gasteiger partial charge in [-0.3, -0.25) is 0 Å². The maximum atomic E-state index is 14.4. The lowest BCUT2D eigenvalue weighted by Crippen LogP contribution is -2.41. The van der Waals surface area contributed by atoms with Crippen molar-refractivity contribution in [3.8, 4) is 0 Å². The van der Waals surface area contributed by atoms with E-state index in [0.29, 0.717) is 12.5 Å². The Labute approximate surface area is 115 Å². The van der Waals surface area contributed by atoms with Crippen LogP contribution in [-0.4, -0.2) is 6.54 Å². The van der Waals surface area contributed by atoms with Gasteiger partial charge in [-0.2, -0.15) is 0 Å². The van der Waals surface area contributed by atoms with E-state index in [1.807, 2.05) is 6.07 Å². The Morgan fingerprint density at radius 1 is 1.11 bits per heavy atom. The Hall–Kier alpha value is -0.890. The van der Waals surface area contributed by atoms with Crippen LogP contribution in [0.4, 0.5) is 4.39 Å².